The molecule has 0 saturated heterocycles. The Balaban J connectivity index is 2.38. The van der Waals surface area contributed by atoms with Crippen molar-refractivity contribution in [3.05, 3.63) is 29.3 Å². The smallest absolute Gasteiger partial charge is 0.0368 e. The zero-order chi connectivity index (χ0) is 12.7. The van der Waals surface area contributed by atoms with Gasteiger partial charge in [0.25, 0.3) is 0 Å². The molecule has 1 rings (SSSR count). The van der Waals surface area contributed by atoms with Gasteiger partial charge in [-0.2, -0.15) is 0 Å². The minimum absolute atomic E-state index is 1.17. The van der Waals surface area contributed by atoms with E-state index in [1.807, 2.05) is 0 Å². The molecule has 0 aliphatic carbocycles. The van der Waals surface area contributed by atoms with Crippen LogP contribution in [-0.2, 0) is 0 Å². The van der Waals surface area contributed by atoms with Crippen LogP contribution in [0, 0.1) is 13.8 Å². The minimum atomic E-state index is 1.17. The molecule has 0 saturated carbocycles. The highest BCUT2D eigenvalue weighted by Crippen LogP contribution is 2.18. The third-order valence-corrected chi connectivity index (χ3v) is 3.24. The number of hydrogen-bond acceptors (Lipinski definition) is 1. The van der Waals surface area contributed by atoms with Crippen molar-refractivity contribution in [2.45, 2.75) is 52.9 Å². The van der Waals surface area contributed by atoms with Gasteiger partial charge in [-0.25, -0.2) is 0 Å². The molecule has 96 valence electrons. The fourth-order valence-electron chi connectivity index (χ4n) is 2.25. The summed E-state index contributed by atoms with van der Waals surface area (Å²) in [5, 5.41) is 0. The lowest BCUT2D eigenvalue weighted by Crippen LogP contribution is -2.18. The van der Waals surface area contributed by atoms with Crippen LogP contribution in [0.15, 0.2) is 18.2 Å². The van der Waals surface area contributed by atoms with Crippen LogP contribution in [0.1, 0.15) is 50.2 Å². The second-order valence-electron chi connectivity index (χ2n) is 5.18. The van der Waals surface area contributed by atoms with Crippen molar-refractivity contribution in [1.29, 1.82) is 0 Å². The number of aryl methyl sites for hydroxylation is 2. The molecule has 17 heavy (non-hydrogen) atoms. The molecule has 1 aromatic rings. The summed E-state index contributed by atoms with van der Waals surface area (Å²) in [6.07, 6.45) is 6.77. The van der Waals surface area contributed by atoms with Crippen molar-refractivity contribution < 1.29 is 0 Å². The van der Waals surface area contributed by atoms with E-state index in [2.05, 4.69) is 50.9 Å². The number of rotatable bonds is 7. The molecule has 0 aliphatic rings. The van der Waals surface area contributed by atoms with Crippen LogP contribution in [0.3, 0.4) is 0 Å². The van der Waals surface area contributed by atoms with Gasteiger partial charge in [0.15, 0.2) is 0 Å². The Labute approximate surface area is 107 Å². The Morgan fingerprint density at radius 1 is 0.882 bits per heavy atom. The summed E-state index contributed by atoms with van der Waals surface area (Å²) in [4.78, 5) is 2.38. The average Bonchev–Trinajstić information content (AvgIpc) is 2.27. The Morgan fingerprint density at radius 2 is 1.47 bits per heavy atom. The monoisotopic (exact) mass is 233 g/mol. The molecular weight excluding hydrogens is 206 g/mol. The van der Waals surface area contributed by atoms with Gasteiger partial charge in [-0.3, -0.25) is 0 Å². The van der Waals surface area contributed by atoms with Crippen LogP contribution in [0.25, 0.3) is 0 Å². The van der Waals surface area contributed by atoms with E-state index in [0.717, 1.165) is 0 Å². The van der Waals surface area contributed by atoms with Gasteiger partial charge in [0.2, 0.25) is 0 Å². The van der Waals surface area contributed by atoms with Gasteiger partial charge in [0.05, 0.1) is 0 Å². The first-order valence-corrected chi connectivity index (χ1v) is 6.93. The second kappa shape index (κ2) is 7.37. The molecule has 0 spiro atoms. The summed E-state index contributed by atoms with van der Waals surface area (Å²) >= 11 is 0. The second-order valence-corrected chi connectivity index (χ2v) is 5.18. The van der Waals surface area contributed by atoms with Gasteiger partial charge in [0, 0.05) is 19.3 Å². The normalized spacial score (nSPS) is 10.6. The number of unbranched alkanes of at least 4 members (excludes halogenated alkanes) is 4. The predicted molar refractivity (Wildman–Crippen MR) is 77.9 cm³/mol. The highest BCUT2D eigenvalue weighted by molar-refractivity contribution is 5.50. The summed E-state index contributed by atoms with van der Waals surface area (Å²) in [5.41, 5.74) is 4.08. The Morgan fingerprint density at radius 3 is 2.06 bits per heavy atom. The van der Waals surface area contributed by atoms with E-state index < -0.39 is 0 Å². The Kier molecular flexibility index (Phi) is 6.10. The third kappa shape index (κ3) is 5.25. The van der Waals surface area contributed by atoms with E-state index in [9.17, 15) is 0 Å². The lowest BCUT2D eigenvalue weighted by atomic mass is 10.1. The Bertz CT molecular complexity index is 310. The highest BCUT2D eigenvalue weighted by atomic mass is 15.1. The van der Waals surface area contributed by atoms with E-state index in [1.54, 1.807) is 0 Å². The molecule has 0 unspecified atom stereocenters. The minimum Gasteiger partial charge on any atom is -0.375 e. The molecule has 0 atom stereocenters. The van der Waals surface area contributed by atoms with E-state index >= 15 is 0 Å². The molecule has 1 heteroatoms. The Hall–Kier alpha value is -0.980. The SMILES string of the molecule is CCCCCCCN(C)c1cc(C)cc(C)c1. The molecule has 1 nitrogen and oxygen atoms in total. The lowest BCUT2D eigenvalue weighted by Gasteiger charge is -2.20. The standard InChI is InChI=1S/C16H27N/c1-5-6-7-8-9-10-17(4)16-12-14(2)11-15(3)13-16/h11-13H,5-10H2,1-4H3. The topological polar surface area (TPSA) is 3.24 Å². The summed E-state index contributed by atoms with van der Waals surface area (Å²) in [5.74, 6) is 0. The zero-order valence-electron chi connectivity index (χ0n) is 11.9. The van der Waals surface area contributed by atoms with Crippen molar-refractivity contribution in [2.75, 3.05) is 18.5 Å². The fourth-order valence-corrected chi connectivity index (χ4v) is 2.25. The number of hydrogen-bond donors (Lipinski definition) is 0. The van der Waals surface area contributed by atoms with E-state index in [-0.39, 0.29) is 0 Å². The molecule has 0 radical (unpaired) electrons. The molecule has 0 aromatic heterocycles. The summed E-state index contributed by atoms with van der Waals surface area (Å²) in [6.45, 7) is 7.78. The van der Waals surface area contributed by atoms with Gasteiger partial charge in [-0.05, 0) is 43.5 Å². The van der Waals surface area contributed by atoms with Gasteiger partial charge < -0.3 is 4.90 Å². The predicted octanol–water partition coefficient (Wildman–Crippen LogP) is 4.71. The maximum atomic E-state index is 2.38. The van der Waals surface area contributed by atoms with Crippen LogP contribution in [0.4, 0.5) is 5.69 Å². The number of anilines is 1. The molecular formula is C16H27N. The largest absolute Gasteiger partial charge is 0.375 e. The van der Waals surface area contributed by atoms with Crippen molar-refractivity contribution >= 4 is 5.69 Å². The molecule has 0 N–H and O–H groups in total. The van der Waals surface area contributed by atoms with Crippen LogP contribution < -0.4 is 4.90 Å². The average molecular weight is 233 g/mol. The van der Waals surface area contributed by atoms with Crippen LogP contribution >= 0.6 is 0 Å². The summed E-state index contributed by atoms with van der Waals surface area (Å²) < 4.78 is 0. The van der Waals surface area contributed by atoms with Crippen molar-refractivity contribution in [1.82, 2.24) is 0 Å². The maximum absolute atomic E-state index is 2.38. The van der Waals surface area contributed by atoms with E-state index in [0.29, 0.717) is 0 Å². The number of nitrogens with zero attached hydrogens (tertiary/aromatic N) is 1. The lowest BCUT2D eigenvalue weighted by molar-refractivity contribution is 0.629. The first-order valence-electron chi connectivity index (χ1n) is 6.93. The maximum Gasteiger partial charge on any atom is 0.0368 e. The number of benzene rings is 1. The van der Waals surface area contributed by atoms with Crippen molar-refractivity contribution in [2.24, 2.45) is 0 Å². The van der Waals surface area contributed by atoms with E-state index in [4.69, 9.17) is 0 Å². The van der Waals surface area contributed by atoms with Gasteiger partial charge in [-0.15, -0.1) is 0 Å². The fraction of sp³-hybridized carbons (Fsp3) is 0.625. The zero-order valence-corrected chi connectivity index (χ0v) is 11.9. The molecule has 0 aliphatic heterocycles. The van der Waals surface area contributed by atoms with Gasteiger partial charge >= 0.3 is 0 Å². The van der Waals surface area contributed by atoms with Crippen molar-refractivity contribution in [3.8, 4) is 0 Å². The highest BCUT2D eigenvalue weighted by Gasteiger charge is 2.01. The molecule has 0 heterocycles. The quantitative estimate of drug-likeness (QED) is 0.616. The summed E-state index contributed by atoms with van der Waals surface area (Å²) in [6, 6.07) is 6.79. The van der Waals surface area contributed by atoms with Crippen LogP contribution in [0.5, 0.6) is 0 Å². The molecule has 1 aromatic carbocycles. The third-order valence-electron chi connectivity index (χ3n) is 3.24. The molecule has 0 fully saturated rings. The van der Waals surface area contributed by atoms with Crippen molar-refractivity contribution in [3.63, 3.8) is 0 Å². The first-order chi connectivity index (χ1) is 8.13. The van der Waals surface area contributed by atoms with E-state index in [1.165, 1.54) is 55.5 Å². The van der Waals surface area contributed by atoms with Gasteiger partial charge in [0.1, 0.15) is 0 Å². The molecule has 0 amide bonds. The summed E-state index contributed by atoms with van der Waals surface area (Å²) in [7, 11) is 2.20. The molecule has 0 bridgehead atoms. The van der Waals surface area contributed by atoms with Gasteiger partial charge in [-0.1, -0.05) is 38.7 Å². The van der Waals surface area contributed by atoms with Crippen LogP contribution in [0.2, 0.25) is 0 Å². The van der Waals surface area contributed by atoms with Crippen LogP contribution in [-0.4, -0.2) is 13.6 Å². The first kappa shape index (κ1) is 14.1.